The summed E-state index contributed by atoms with van der Waals surface area (Å²) in [5, 5.41) is 12.0. The molecule has 1 amide bonds. The minimum Gasteiger partial charge on any atom is -0.361 e. The lowest BCUT2D eigenvalue weighted by atomic mass is 10.1. The van der Waals surface area contributed by atoms with Crippen LogP contribution in [0.5, 0.6) is 0 Å². The number of benzene rings is 1. The van der Waals surface area contributed by atoms with Crippen LogP contribution in [0.3, 0.4) is 0 Å². The van der Waals surface area contributed by atoms with Crippen LogP contribution in [0.15, 0.2) is 22.7 Å². The van der Waals surface area contributed by atoms with Crippen LogP contribution in [0.2, 0.25) is 0 Å². The molecule has 0 spiro atoms. The standard InChI is InChI=1S/C14H18BrN3O/c1-4-18(9-14(19)17-10(2)3)13-7-12(15)6-5-11(13)8-16/h5-7,10H,4,9H2,1-3H3,(H,17,19). The van der Waals surface area contributed by atoms with Crippen molar-refractivity contribution in [3.63, 3.8) is 0 Å². The topological polar surface area (TPSA) is 56.1 Å². The Hall–Kier alpha value is -1.54. The Bertz CT molecular complexity index is 494. The van der Waals surface area contributed by atoms with Crippen LogP contribution in [-0.2, 0) is 4.79 Å². The highest BCUT2D eigenvalue weighted by Crippen LogP contribution is 2.24. The summed E-state index contributed by atoms with van der Waals surface area (Å²) in [6.07, 6.45) is 0. The first-order chi connectivity index (χ1) is 8.97. The maximum absolute atomic E-state index is 11.8. The largest absolute Gasteiger partial charge is 0.361 e. The minimum absolute atomic E-state index is 0.0410. The second-order valence-corrected chi connectivity index (χ2v) is 5.43. The van der Waals surface area contributed by atoms with Gasteiger partial charge in [0.2, 0.25) is 5.91 Å². The van der Waals surface area contributed by atoms with Gasteiger partial charge in [0.1, 0.15) is 6.07 Å². The van der Waals surface area contributed by atoms with Crippen LogP contribution in [0, 0.1) is 11.3 Å². The van der Waals surface area contributed by atoms with Crippen molar-refractivity contribution in [2.45, 2.75) is 26.8 Å². The summed E-state index contributed by atoms with van der Waals surface area (Å²) in [5.74, 6) is -0.0410. The minimum atomic E-state index is -0.0410. The van der Waals surface area contributed by atoms with Gasteiger partial charge in [0.05, 0.1) is 17.8 Å². The van der Waals surface area contributed by atoms with Crippen LogP contribution in [0.1, 0.15) is 26.3 Å². The molecule has 0 aliphatic rings. The van der Waals surface area contributed by atoms with Crippen molar-refractivity contribution in [1.29, 1.82) is 5.26 Å². The first-order valence-corrected chi connectivity index (χ1v) is 7.01. The van der Waals surface area contributed by atoms with Gasteiger partial charge in [0.25, 0.3) is 0 Å². The van der Waals surface area contributed by atoms with Crippen molar-refractivity contribution < 1.29 is 4.79 Å². The molecule has 0 aromatic heterocycles. The predicted octanol–water partition coefficient (Wildman–Crippen LogP) is 2.67. The number of rotatable bonds is 5. The first-order valence-electron chi connectivity index (χ1n) is 6.21. The fraction of sp³-hybridized carbons (Fsp3) is 0.429. The molecule has 4 nitrogen and oxygen atoms in total. The van der Waals surface area contributed by atoms with E-state index in [9.17, 15) is 4.79 Å². The Morgan fingerprint density at radius 2 is 2.21 bits per heavy atom. The van der Waals surface area contributed by atoms with Gasteiger partial charge in [0.15, 0.2) is 0 Å². The lowest BCUT2D eigenvalue weighted by Crippen LogP contribution is -2.40. The van der Waals surface area contributed by atoms with Gasteiger partial charge in [-0.05, 0) is 39.0 Å². The van der Waals surface area contributed by atoms with Crippen molar-refractivity contribution in [3.05, 3.63) is 28.2 Å². The highest BCUT2D eigenvalue weighted by atomic mass is 79.9. The summed E-state index contributed by atoms with van der Waals surface area (Å²) in [5.41, 5.74) is 1.35. The molecule has 5 heteroatoms. The fourth-order valence-electron chi connectivity index (χ4n) is 1.77. The number of amides is 1. The lowest BCUT2D eigenvalue weighted by Gasteiger charge is -2.24. The van der Waals surface area contributed by atoms with Crippen molar-refractivity contribution in [2.75, 3.05) is 18.0 Å². The molecule has 1 rings (SSSR count). The van der Waals surface area contributed by atoms with Gasteiger partial charge in [0, 0.05) is 17.1 Å². The molecule has 0 unspecified atom stereocenters. The summed E-state index contributed by atoms with van der Waals surface area (Å²) in [7, 11) is 0. The van der Waals surface area contributed by atoms with Crippen molar-refractivity contribution >= 4 is 27.5 Å². The van der Waals surface area contributed by atoms with Crippen LogP contribution >= 0.6 is 15.9 Å². The highest BCUT2D eigenvalue weighted by Gasteiger charge is 2.14. The van der Waals surface area contributed by atoms with Crippen molar-refractivity contribution in [3.8, 4) is 6.07 Å². The van der Waals surface area contributed by atoms with E-state index in [0.29, 0.717) is 12.1 Å². The van der Waals surface area contributed by atoms with E-state index in [1.165, 1.54) is 0 Å². The number of nitriles is 1. The molecule has 0 heterocycles. The van der Waals surface area contributed by atoms with E-state index in [1.54, 1.807) is 6.07 Å². The maximum atomic E-state index is 11.8. The molecule has 0 saturated carbocycles. The third-order valence-corrected chi connectivity index (χ3v) is 3.08. The summed E-state index contributed by atoms with van der Waals surface area (Å²) in [6.45, 7) is 6.73. The molecule has 0 atom stereocenters. The molecular formula is C14H18BrN3O. The van der Waals surface area contributed by atoms with E-state index >= 15 is 0 Å². The Balaban J connectivity index is 2.94. The molecule has 0 fully saturated rings. The highest BCUT2D eigenvalue weighted by molar-refractivity contribution is 9.10. The van der Waals surface area contributed by atoms with Crippen LogP contribution < -0.4 is 10.2 Å². The molecule has 0 saturated heterocycles. The summed E-state index contributed by atoms with van der Waals surface area (Å²) >= 11 is 3.39. The Kier molecular flexibility index (Phi) is 5.84. The van der Waals surface area contributed by atoms with E-state index < -0.39 is 0 Å². The summed E-state index contributed by atoms with van der Waals surface area (Å²) in [4.78, 5) is 13.7. The van der Waals surface area contributed by atoms with Crippen LogP contribution in [0.25, 0.3) is 0 Å². The molecular weight excluding hydrogens is 306 g/mol. The normalized spacial score (nSPS) is 10.1. The zero-order chi connectivity index (χ0) is 14.4. The number of anilines is 1. The van der Waals surface area contributed by atoms with Gasteiger partial charge in [-0.1, -0.05) is 15.9 Å². The average molecular weight is 324 g/mol. The number of nitrogens with zero attached hydrogens (tertiary/aromatic N) is 2. The van der Waals surface area contributed by atoms with E-state index in [-0.39, 0.29) is 18.5 Å². The SMILES string of the molecule is CCN(CC(=O)NC(C)C)c1cc(Br)ccc1C#N. The smallest absolute Gasteiger partial charge is 0.239 e. The quantitative estimate of drug-likeness (QED) is 0.906. The molecule has 1 aromatic rings. The molecule has 0 aliphatic heterocycles. The number of nitrogens with one attached hydrogen (secondary N) is 1. The second kappa shape index (κ2) is 7.15. The number of halogens is 1. The molecule has 19 heavy (non-hydrogen) atoms. The number of hydrogen-bond acceptors (Lipinski definition) is 3. The third kappa shape index (κ3) is 4.56. The van der Waals surface area contributed by atoms with Gasteiger partial charge in [-0.2, -0.15) is 5.26 Å². The number of hydrogen-bond donors (Lipinski definition) is 1. The molecule has 1 N–H and O–H groups in total. The molecule has 0 radical (unpaired) electrons. The number of carbonyl (C=O) groups is 1. The average Bonchev–Trinajstić information content (AvgIpc) is 2.35. The van der Waals surface area contributed by atoms with Crippen LogP contribution in [0.4, 0.5) is 5.69 Å². The van der Waals surface area contributed by atoms with E-state index in [2.05, 4.69) is 27.3 Å². The number of carbonyl (C=O) groups excluding carboxylic acids is 1. The number of likely N-dealkylation sites (N-methyl/N-ethyl adjacent to an activating group) is 1. The molecule has 0 bridgehead atoms. The van der Waals surface area contributed by atoms with Gasteiger partial charge < -0.3 is 10.2 Å². The van der Waals surface area contributed by atoms with Gasteiger partial charge in [-0.15, -0.1) is 0 Å². The zero-order valence-corrected chi connectivity index (χ0v) is 13.0. The van der Waals surface area contributed by atoms with E-state index in [0.717, 1.165) is 10.2 Å². The van der Waals surface area contributed by atoms with E-state index in [4.69, 9.17) is 5.26 Å². The molecule has 0 aliphatic carbocycles. The lowest BCUT2D eigenvalue weighted by molar-refractivity contribution is -0.120. The first kappa shape index (κ1) is 15.5. The summed E-state index contributed by atoms with van der Waals surface area (Å²) < 4.78 is 0.893. The van der Waals surface area contributed by atoms with Gasteiger partial charge in [-0.25, -0.2) is 0 Å². The zero-order valence-electron chi connectivity index (χ0n) is 11.4. The molecule has 102 valence electrons. The maximum Gasteiger partial charge on any atom is 0.239 e. The predicted molar refractivity (Wildman–Crippen MR) is 80.0 cm³/mol. The van der Waals surface area contributed by atoms with Gasteiger partial charge in [-0.3, -0.25) is 4.79 Å². The fourth-order valence-corrected chi connectivity index (χ4v) is 2.12. The summed E-state index contributed by atoms with van der Waals surface area (Å²) in [6, 6.07) is 7.71. The van der Waals surface area contributed by atoms with Gasteiger partial charge >= 0.3 is 0 Å². The Morgan fingerprint density at radius 3 is 2.74 bits per heavy atom. The molecule has 1 aromatic carbocycles. The Labute approximate surface area is 122 Å². The Morgan fingerprint density at radius 1 is 1.53 bits per heavy atom. The van der Waals surface area contributed by atoms with Crippen molar-refractivity contribution in [1.82, 2.24) is 5.32 Å². The van der Waals surface area contributed by atoms with Crippen molar-refractivity contribution in [2.24, 2.45) is 0 Å². The monoisotopic (exact) mass is 323 g/mol. The second-order valence-electron chi connectivity index (χ2n) is 4.51. The van der Waals surface area contributed by atoms with E-state index in [1.807, 2.05) is 37.8 Å². The van der Waals surface area contributed by atoms with Crippen LogP contribution in [-0.4, -0.2) is 25.0 Å². The third-order valence-electron chi connectivity index (χ3n) is 2.59.